The summed E-state index contributed by atoms with van der Waals surface area (Å²) >= 11 is 4.59. The Morgan fingerprint density at radius 2 is 2.13 bits per heavy atom. The van der Waals surface area contributed by atoms with Crippen molar-refractivity contribution < 1.29 is 4.79 Å². The largest absolute Gasteiger partial charge is 0.344 e. The number of rotatable bonds is 4. The molecule has 0 saturated carbocycles. The van der Waals surface area contributed by atoms with E-state index in [1.165, 1.54) is 16.0 Å². The van der Waals surface area contributed by atoms with Crippen LogP contribution in [0.1, 0.15) is 26.9 Å². The first-order valence-corrected chi connectivity index (χ1v) is 8.27. The number of carbonyl (C=O) groups excluding carboxylic acids is 1. The Kier molecular flexibility index (Phi) is 4.44. The minimum absolute atomic E-state index is 0.230. The van der Waals surface area contributed by atoms with E-state index in [1.807, 2.05) is 26.0 Å². The number of nitrogens with zero attached hydrogens (tertiary/aromatic N) is 6. The van der Waals surface area contributed by atoms with Crippen molar-refractivity contribution in [1.29, 1.82) is 0 Å². The Bertz CT molecular complexity index is 860. The van der Waals surface area contributed by atoms with E-state index in [9.17, 15) is 4.79 Å². The zero-order valence-corrected chi connectivity index (χ0v) is 14.7. The predicted molar refractivity (Wildman–Crippen MR) is 87.4 cm³/mol. The van der Waals surface area contributed by atoms with Gasteiger partial charge in [-0.3, -0.25) is 9.78 Å². The fourth-order valence-electron chi connectivity index (χ4n) is 1.96. The minimum Gasteiger partial charge on any atom is -0.344 e. The maximum Gasteiger partial charge on any atom is 0.273 e. The molecular formula is C13H12BrN7OS. The second-order valence-electron chi connectivity index (χ2n) is 4.74. The predicted octanol–water partition coefficient (Wildman–Crippen LogP) is 1.82. The van der Waals surface area contributed by atoms with Crippen LogP contribution in [0.4, 0.5) is 0 Å². The lowest BCUT2D eigenvalue weighted by atomic mass is 10.3. The van der Waals surface area contributed by atoms with Crippen molar-refractivity contribution in [3.8, 4) is 5.69 Å². The van der Waals surface area contributed by atoms with Crippen molar-refractivity contribution in [2.24, 2.45) is 0 Å². The van der Waals surface area contributed by atoms with Crippen molar-refractivity contribution in [1.82, 2.24) is 35.5 Å². The normalized spacial score (nSPS) is 10.7. The number of aromatic nitrogens is 6. The molecule has 10 heteroatoms. The highest BCUT2D eigenvalue weighted by Crippen LogP contribution is 2.15. The van der Waals surface area contributed by atoms with Crippen LogP contribution < -0.4 is 5.32 Å². The molecule has 0 radical (unpaired) electrons. The summed E-state index contributed by atoms with van der Waals surface area (Å²) in [6.45, 7) is 4.10. The van der Waals surface area contributed by atoms with Crippen LogP contribution in [0.2, 0.25) is 0 Å². The van der Waals surface area contributed by atoms with Crippen LogP contribution in [0.15, 0.2) is 22.2 Å². The summed E-state index contributed by atoms with van der Waals surface area (Å²) in [5, 5.41) is 19.1. The van der Waals surface area contributed by atoms with Gasteiger partial charge in [0.2, 0.25) is 0 Å². The molecule has 3 rings (SSSR count). The zero-order chi connectivity index (χ0) is 16.4. The molecule has 118 valence electrons. The van der Waals surface area contributed by atoms with Gasteiger partial charge in [-0.05, 0) is 41.9 Å². The molecule has 8 nitrogen and oxygen atoms in total. The molecule has 0 unspecified atom stereocenters. The first-order valence-electron chi connectivity index (χ1n) is 6.66. The Hall–Kier alpha value is -2.20. The molecule has 0 spiro atoms. The number of halogens is 1. The molecule has 3 aromatic rings. The summed E-state index contributed by atoms with van der Waals surface area (Å²) in [7, 11) is 0. The molecule has 0 aliphatic rings. The van der Waals surface area contributed by atoms with Gasteiger partial charge in [0, 0.05) is 5.69 Å². The maximum atomic E-state index is 12.1. The molecule has 23 heavy (non-hydrogen) atoms. The second-order valence-corrected chi connectivity index (χ2v) is 7.08. The number of amides is 1. The first-order chi connectivity index (χ1) is 11.0. The standard InChI is InChI=1S/C13H12BrN7OS/c1-7-3-4-10(8(2)16-7)21-6-9(17-20-21)12(22)15-5-11-18-19-13(14)23-11/h3-4,6H,5H2,1-2H3,(H,15,22). The summed E-state index contributed by atoms with van der Waals surface area (Å²) < 4.78 is 2.22. The third kappa shape index (κ3) is 3.59. The van der Waals surface area contributed by atoms with Gasteiger partial charge in [0.15, 0.2) is 9.61 Å². The Morgan fingerprint density at radius 1 is 1.30 bits per heavy atom. The lowest BCUT2D eigenvalue weighted by Gasteiger charge is -2.04. The van der Waals surface area contributed by atoms with Crippen LogP contribution in [0.5, 0.6) is 0 Å². The molecule has 3 aromatic heterocycles. The van der Waals surface area contributed by atoms with Crippen molar-refractivity contribution >= 4 is 33.2 Å². The molecule has 3 heterocycles. The number of carbonyl (C=O) groups is 1. The monoisotopic (exact) mass is 393 g/mol. The Balaban J connectivity index is 1.72. The molecule has 0 aromatic carbocycles. The van der Waals surface area contributed by atoms with Crippen molar-refractivity contribution in [3.05, 3.63) is 44.3 Å². The fraction of sp³-hybridized carbons (Fsp3) is 0.231. The number of hydrogen-bond donors (Lipinski definition) is 1. The van der Waals surface area contributed by atoms with E-state index < -0.39 is 0 Å². The van der Waals surface area contributed by atoms with Crippen molar-refractivity contribution in [2.45, 2.75) is 20.4 Å². The van der Waals surface area contributed by atoms with E-state index in [2.05, 4.69) is 46.7 Å². The molecular weight excluding hydrogens is 382 g/mol. The lowest BCUT2D eigenvalue weighted by Crippen LogP contribution is -2.23. The summed E-state index contributed by atoms with van der Waals surface area (Å²) in [6, 6.07) is 3.78. The molecule has 0 aliphatic heterocycles. The van der Waals surface area contributed by atoms with Gasteiger partial charge in [-0.15, -0.1) is 15.3 Å². The maximum absolute atomic E-state index is 12.1. The van der Waals surface area contributed by atoms with E-state index in [0.29, 0.717) is 15.5 Å². The van der Waals surface area contributed by atoms with Gasteiger partial charge in [-0.1, -0.05) is 16.6 Å². The van der Waals surface area contributed by atoms with Gasteiger partial charge in [-0.25, -0.2) is 4.68 Å². The van der Waals surface area contributed by atoms with Crippen LogP contribution in [0.3, 0.4) is 0 Å². The Labute approximate surface area is 144 Å². The average molecular weight is 394 g/mol. The van der Waals surface area contributed by atoms with Crippen LogP contribution in [0.25, 0.3) is 5.69 Å². The van der Waals surface area contributed by atoms with Crippen LogP contribution >= 0.6 is 27.3 Å². The van der Waals surface area contributed by atoms with Crippen LogP contribution in [0, 0.1) is 13.8 Å². The molecule has 0 bridgehead atoms. The third-order valence-electron chi connectivity index (χ3n) is 3.01. The summed E-state index contributed by atoms with van der Waals surface area (Å²) in [5.74, 6) is -0.319. The number of hydrogen-bond acceptors (Lipinski definition) is 7. The molecule has 0 atom stereocenters. The van der Waals surface area contributed by atoms with Crippen molar-refractivity contribution in [3.63, 3.8) is 0 Å². The topological polar surface area (TPSA) is 98.5 Å². The highest BCUT2D eigenvalue weighted by atomic mass is 79.9. The SMILES string of the molecule is Cc1ccc(-n2cc(C(=O)NCc3nnc(Br)s3)nn2)c(C)n1. The number of nitrogens with one attached hydrogen (secondary N) is 1. The number of pyridine rings is 1. The van der Waals surface area contributed by atoms with Gasteiger partial charge in [0.05, 0.1) is 24.1 Å². The van der Waals surface area contributed by atoms with Gasteiger partial charge < -0.3 is 5.32 Å². The molecule has 1 N–H and O–H groups in total. The molecule has 0 fully saturated rings. The minimum atomic E-state index is -0.319. The average Bonchev–Trinajstić information content (AvgIpc) is 3.14. The summed E-state index contributed by atoms with van der Waals surface area (Å²) in [5.41, 5.74) is 2.76. The van der Waals surface area contributed by atoms with Gasteiger partial charge >= 0.3 is 0 Å². The van der Waals surface area contributed by atoms with E-state index in [1.54, 1.807) is 6.20 Å². The third-order valence-corrected chi connectivity index (χ3v) is 4.37. The van der Waals surface area contributed by atoms with Crippen molar-refractivity contribution in [2.75, 3.05) is 0 Å². The highest BCUT2D eigenvalue weighted by molar-refractivity contribution is 9.11. The van der Waals surface area contributed by atoms with E-state index in [-0.39, 0.29) is 11.6 Å². The second kappa shape index (κ2) is 6.50. The van der Waals surface area contributed by atoms with E-state index in [0.717, 1.165) is 17.1 Å². The van der Waals surface area contributed by atoms with Crippen LogP contribution in [-0.2, 0) is 6.54 Å². The van der Waals surface area contributed by atoms with E-state index in [4.69, 9.17) is 0 Å². The van der Waals surface area contributed by atoms with Gasteiger partial charge in [-0.2, -0.15) is 0 Å². The van der Waals surface area contributed by atoms with Crippen LogP contribution in [-0.4, -0.2) is 36.1 Å². The van der Waals surface area contributed by atoms with E-state index >= 15 is 0 Å². The molecule has 0 saturated heterocycles. The summed E-state index contributed by atoms with van der Waals surface area (Å²) in [4.78, 5) is 16.5. The summed E-state index contributed by atoms with van der Waals surface area (Å²) in [6.07, 6.45) is 1.57. The van der Waals surface area contributed by atoms with Gasteiger partial charge in [0.25, 0.3) is 5.91 Å². The lowest BCUT2D eigenvalue weighted by molar-refractivity contribution is 0.0945. The quantitative estimate of drug-likeness (QED) is 0.725. The first kappa shape index (κ1) is 15.7. The van der Waals surface area contributed by atoms with Gasteiger partial charge in [0.1, 0.15) is 5.01 Å². The zero-order valence-electron chi connectivity index (χ0n) is 12.3. The smallest absolute Gasteiger partial charge is 0.273 e. The Morgan fingerprint density at radius 3 is 2.83 bits per heavy atom. The highest BCUT2D eigenvalue weighted by Gasteiger charge is 2.13. The molecule has 1 amide bonds. The fourth-order valence-corrected chi connectivity index (χ4v) is 3.10. The number of aryl methyl sites for hydroxylation is 2. The molecule has 0 aliphatic carbocycles.